The van der Waals surface area contributed by atoms with Gasteiger partial charge in [-0.15, -0.1) is 6.42 Å². The van der Waals surface area contributed by atoms with Crippen LogP contribution in [-0.2, 0) is 4.79 Å². The Morgan fingerprint density at radius 3 is 2.69 bits per heavy atom. The van der Waals surface area contributed by atoms with Gasteiger partial charge < -0.3 is 5.32 Å². The molecule has 1 N–H and O–H groups in total. The normalized spacial score (nSPS) is 17.8. The highest BCUT2D eigenvalue weighted by Crippen LogP contribution is 2.25. The van der Waals surface area contributed by atoms with Crippen LogP contribution in [0.3, 0.4) is 0 Å². The maximum atomic E-state index is 11.3. The second-order valence-electron chi connectivity index (χ2n) is 3.69. The van der Waals surface area contributed by atoms with Gasteiger partial charge in [-0.05, 0) is 18.8 Å². The summed E-state index contributed by atoms with van der Waals surface area (Å²) < 4.78 is 0. The molecule has 1 amide bonds. The van der Waals surface area contributed by atoms with Gasteiger partial charge in [-0.25, -0.2) is 0 Å². The van der Waals surface area contributed by atoms with E-state index in [4.69, 9.17) is 6.42 Å². The van der Waals surface area contributed by atoms with Crippen molar-refractivity contribution in [1.82, 2.24) is 5.32 Å². The first-order valence-corrected chi connectivity index (χ1v) is 5.03. The summed E-state index contributed by atoms with van der Waals surface area (Å²) in [5, 5.41) is 2.70. The van der Waals surface area contributed by atoms with Crippen LogP contribution in [0.1, 0.15) is 38.5 Å². The van der Waals surface area contributed by atoms with Crippen molar-refractivity contribution in [2.45, 2.75) is 38.5 Å². The first-order valence-electron chi connectivity index (χ1n) is 5.03. The zero-order valence-corrected chi connectivity index (χ0v) is 8.01. The zero-order valence-electron chi connectivity index (χ0n) is 8.01. The number of rotatable bonds is 3. The minimum absolute atomic E-state index is 0.116. The van der Waals surface area contributed by atoms with Crippen molar-refractivity contribution in [3.8, 4) is 12.3 Å². The zero-order chi connectivity index (χ0) is 9.52. The van der Waals surface area contributed by atoms with Gasteiger partial charge in [0.15, 0.2) is 0 Å². The molecule has 0 aromatic rings. The first-order chi connectivity index (χ1) is 6.33. The summed E-state index contributed by atoms with van der Waals surface area (Å²) in [6, 6.07) is 0. The summed E-state index contributed by atoms with van der Waals surface area (Å²) in [5.41, 5.74) is 0. The third kappa shape index (κ3) is 3.98. The van der Waals surface area contributed by atoms with Crippen LogP contribution in [-0.4, -0.2) is 12.5 Å². The van der Waals surface area contributed by atoms with Crippen LogP contribution in [0.15, 0.2) is 0 Å². The Hall–Kier alpha value is -0.970. The van der Waals surface area contributed by atoms with Crippen molar-refractivity contribution >= 4 is 5.91 Å². The second kappa shape index (κ2) is 5.64. The topological polar surface area (TPSA) is 29.1 Å². The number of nitrogens with one attached hydrogen (secondary N) is 1. The van der Waals surface area contributed by atoms with Gasteiger partial charge in [0.25, 0.3) is 0 Å². The quantitative estimate of drug-likeness (QED) is 0.656. The molecule has 1 rings (SSSR count). The molecular formula is C11H17NO. The van der Waals surface area contributed by atoms with Gasteiger partial charge in [-0.3, -0.25) is 4.79 Å². The lowest BCUT2D eigenvalue weighted by atomic mass is 9.87. The van der Waals surface area contributed by atoms with E-state index in [1.165, 1.54) is 32.1 Å². The predicted molar refractivity (Wildman–Crippen MR) is 53.0 cm³/mol. The van der Waals surface area contributed by atoms with E-state index < -0.39 is 0 Å². The van der Waals surface area contributed by atoms with E-state index in [1.54, 1.807) is 0 Å². The van der Waals surface area contributed by atoms with Crippen LogP contribution in [0.25, 0.3) is 0 Å². The van der Waals surface area contributed by atoms with Gasteiger partial charge in [0.05, 0.1) is 6.54 Å². The molecule has 72 valence electrons. The molecule has 0 bridgehead atoms. The minimum Gasteiger partial charge on any atom is -0.345 e. The van der Waals surface area contributed by atoms with Crippen LogP contribution < -0.4 is 5.32 Å². The molecule has 1 aliphatic carbocycles. The molecule has 0 heterocycles. The summed E-state index contributed by atoms with van der Waals surface area (Å²) in [6.07, 6.45) is 12.0. The van der Waals surface area contributed by atoms with Crippen LogP contribution in [0.4, 0.5) is 0 Å². The lowest BCUT2D eigenvalue weighted by Gasteiger charge is -2.20. The maximum absolute atomic E-state index is 11.3. The average Bonchev–Trinajstić information content (AvgIpc) is 2.16. The molecule has 0 aliphatic heterocycles. The SMILES string of the molecule is C#CCNC(=O)CC1CCCCC1. The molecule has 13 heavy (non-hydrogen) atoms. The lowest BCUT2D eigenvalue weighted by molar-refractivity contribution is -0.122. The predicted octanol–water partition coefficient (Wildman–Crippen LogP) is 1.71. The highest BCUT2D eigenvalue weighted by molar-refractivity contribution is 5.76. The van der Waals surface area contributed by atoms with Gasteiger partial charge >= 0.3 is 0 Å². The molecule has 2 nitrogen and oxygen atoms in total. The smallest absolute Gasteiger partial charge is 0.221 e. The number of hydrogen-bond acceptors (Lipinski definition) is 1. The Morgan fingerprint density at radius 1 is 1.38 bits per heavy atom. The Bertz CT molecular complexity index is 199. The maximum Gasteiger partial charge on any atom is 0.221 e. The minimum atomic E-state index is 0.116. The van der Waals surface area contributed by atoms with Gasteiger partial charge in [0.2, 0.25) is 5.91 Å². The Balaban J connectivity index is 2.15. The van der Waals surface area contributed by atoms with Crippen molar-refractivity contribution in [1.29, 1.82) is 0 Å². The van der Waals surface area contributed by atoms with Crippen molar-refractivity contribution in [3.05, 3.63) is 0 Å². The molecule has 1 aliphatic rings. The Labute approximate surface area is 80.1 Å². The van der Waals surface area contributed by atoms with E-state index in [0.29, 0.717) is 18.9 Å². The molecule has 0 radical (unpaired) electrons. The molecule has 1 saturated carbocycles. The van der Waals surface area contributed by atoms with Crippen molar-refractivity contribution < 1.29 is 4.79 Å². The molecule has 0 aromatic carbocycles. The Kier molecular flexibility index (Phi) is 4.39. The summed E-state index contributed by atoms with van der Waals surface area (Å²) in [6.45, 7) is 0.367. The van der Waals surface area contributed by atoms with Crippen LogP contribution in [0.2, 0.25) is 0 Å². The number of hydrogen-bond donors (Lipinski definition) is 1. The third-order valence-corrected chi connectivity index (χ3v) is 2.59. The van der Waals surface area contributed by atoms with Gasteiger partial charge in [-0.1, -0.05) is 25.2 Å². The molecule has 1 fully saturated rings. The van der Waals surface area contributed by atoms with Crippen LogP contribution in [0.5, 0.6) is 0 Å². The van der Waals surface area contributed by atoms with E-state index in [2.05, 4.69) is 11.2 Å². The number of carbonyl (C=O) groups is 1. The standard InChI is InChI=1S/C11H17NO/c1-2-8-12-11(13)9-10-6-4-3-5-7-10/h1,10H,3-9H2,(H,12,13). The lowest BCUT2D eigenvalue weighted by Crippen LogP contribution is -2.26. The van der Waals surface area contributed by atoms with Crippen molar-refractivity contribution in [3.63, 3.8) is 0 Å². The molecule has 2 heteroatoms. The monoisotopic (exact) mass is 179 g/mol. The van der Waals surface area contributed by atoms with Crippen molar-refractivity contribution in [2.24, 2.45) is 5.92 Å². The van der Waals surface area contributed by atoms with Gasteiger partial charge in [0.1, 0.15) is 0 Å². The highest BCUT2D eigenvalue weighted by atomic mass is 16.1. The van der Waals surface area contributed by atoms with Crippen LogP contribution in [0, 0.1) is 18.3 Å². The van der Waals surface area contributed by atoms with E-state index in [0.717, 1.165) is 0 Å². The first kappa shape index (κ1) is 10.1. The second-order valence-corrected chi connectivity index (χ2v) is 3.69. The van der Waals surface area contributed by atoms with Gasteiger partial charge in [0, 0.05) is 6.42 Å². The number of terminal acetylenes is 1. The van der Waals surface area contributed by atoms with Gasteiger partial charge in [-0.2, -0.15) is 0 Å². The average molecular weight is 179 g/mol. The molecule has 0 atom stereocenters. The third-order valence-electron chi connectivity index (χ3n) is 2.59. The van der Waals surface area contributed by atoms with Crippen LogP contribution >= 0.6 is 0 Å². The molecule has 0 aromatic heterocycles. The van der Waals surface area contributed by atoms with E-state index >= 15 is 0 Å². The summed E-state index contributed by atoms with van der Waals surface area (Å²) in [4.78, 5) is 11.3. The number of amides is 1. The van der Waals surface area contributed by atoms with E-state index in [1.807, 2.05) is 0 Å². The Morgan fingerprint density at radius 2 is 2.08 bits per heavy atom. The molecule has 0 spiro atoms. The summed E-state index contributed by atoms with van der Waals surface area (Å²) in [5.74, 6) is 3.12. The fourth-order valence-electron chi connectivity index (χ4n) is 1.88. The fourth-order valence-corrected chi connectivity index (χ4v) is 1.88. The molecular weight excluding hydrogens is 162 g/mol. The molecule has 0 saturated heterocycles. The van der Waals surface area contributed by atoms with E-state index in [9.17, 15) is 4.79 Å². The highest BCUT2D eigenvalue weighted by Gasteiger charge is 2.16. The molecule has 0 unspecified atom stereocenters. The summed E-state index contributed by atoms with van der Waals surface area (Å²) in [7, 11) is 0. The van der Waals surface area contributed by atoms with E-state index in [-0.39, 0.29) is 5.91 Å². The fraction of sp³-hybridized carbons (Fsp3) is 0.727. The summed E-state index contributed by atoms with van der Waals surface area (Å²) >= 11 is 0. The number of carbonyl (C=O) groups excluding carboxylic acids is 1. The largest absolute Gasteiger partial charge is 0.345 e. The van der Waals surface area contributed by atoms with Crippen molar-refractivity contribution in [2.75, 3.05) is 6.54 Å².